The molecule has 0 aliphatic carbocycles. The standard InChI is InChI=1S/C15H21N3O2S/c1-15(2,3)10-12-17-11-6-4-8-16-14(11)18(12)13-7-5-9-21(13,19)20/h4,6,8,13H,5,7,9-10H2,1-3H3. The lowest BCUT2D eigenvalue weighted by atomic mass is 9.92. The molecule has 1 saturated heterocycles. The summed E-state index contributed by atoms with van der Waals surface area (Å²) in [5.74, 6) is 1.09. The number of aromatic nitrogens is 3. The Hall–Kier alpha value is -1.43. The summed E-state index contributed by atoms with van der Waals surface area (Å²) < 4.78 is 26.6. The van der Waals surface area contributed by atoms with Gasteiger partial charge in [0.25, 0.3) is 0 Å². The van der Waals surface area contributed by atoms with Crippen LogP contribution in [-0.4, -0.2) is 28.7 Å². The first-order chi connectivity index (χ1) is 9.78. The third-order valence-electron chi connectivity index (χ3n) is 3.79. The van der Waals surface area contributed by atoms with Gasteiger partial charge in [0.1, 0.15) is 16.7 Å². The molecular formula is C15H21N3O2S. The second-order valence-electron chi connectivity index (χ2n) is 6.95. The Kier molecular flexibility index (Phi) is 3.31. The van der Waals surface area contributed by atoms with Gasteiger partial charge in [-0.15, -0.1) is 0 Å². The Labute approximate surface area is 125 Å². The quantitative estimate of drug-likeness (QED) is 0.855. The molecule has 3 rings (SSSR count). The van der Waals surface area contributed by atoms with Gasteiger partial charge in [-0.05, 0) is 30.4 Å². The summed E-state index contributed by atoms with van der Waals surface area (Å²) in [5, 5.41) is -0.505. The minimum atomic E-state index is -3.10. The van der Waals surface area contributed by atoms with Gasteiger partial charge in [0, 0.05) is 12.6 Å². The summed E-state index contributed by atoms with van der Waals surface area (Å²) >= 11 is 0. The van der Waals surface area contributed by atoms with Gasteiger partial charge in [-0.2, -0.15) is 0 Å². The fourth-order valence-electron chi connectivity index (χ4n) is 2.94. The average Bonchev–Trinajstić information content (AvgIpc) is 2.86. The second-order valence-corrected chi connectivity index (χ2v) is 9.22. The maximum Gasteiger partial charge on any atom is 0.171 e. The lowest BCUT2D eigenvalue weighted by molar-refractivity contribution is 0.390. The molecule has 5 nitrogen and oxygen atoms in total. The smallest absolute Gasteiger partial charge is 0.171 e. The van der Waals surface area contributed by atoms with Crippen LogP contribution in [0.2, 0.25) is 0 Å². The van der Waals surface area contributed by atoms with Crippen LogP contribution in [0.15, 0.2) is 18.3 Å². The van der Waals surface area contributed by atoms with Crippen molar-refractivity contribution in [3.05, 3.63) is 24.2 Å². The molecule has 0 radical (unpaired) electrons. The Bertz CT molecular complexity index is 772. The Morgan fingerprint density at radius 2 is 2.14 bits per heavy atom. The number of nitrogens with zero attached hydrogens (tertiary/aromatic N) is 3. The lowest BCUT2D eigenvalue weighted by Crippen LogP contribution is -2.21. The second kappa shape index (κ2) is 4.80. The number of sulfone groups is 1. The van der Waals surface area contributed by atoms with Crippen LogP contribution in [0.25, 0.3) is 11.2 Å². The first-order valence-corrected chi connectivity index (χ1v) is 9.03. The summed E-state index contributed by atoms with van der Waals surface area (Å²) in [6, 6.07) is 3.73. The molecule has 1 fully saturated rings. The van der Waals surface area contributed by atoms with Gasteiger partial charge in [0.05, 0.1) is 5.75 Å². The first-order valence-electron chi connectivity index (χ1n) is 7.31. The summed E-state index contributed by atoms with van der Waals surface area (Å²) in [6.45, 7) is 6.40. The van der Waals surface area contributed by atoms with E-state index in [1.54, 1.807) is 6.20 Å². The van der Waals surface area contributed by atoms with Gasteiger partial charge in [-0.3, -0.25) is 4.57 Å². The summed E-state index contributed by atoms with van der Waals surface area (Å²) in [7, 11) is -3.10. The van der Waals surface area contributed by atoms with Crippen molar-refractivity contribution in [2.75, 3.05) is 5.75 Å². The van der Waals surface area contributed by atoms with Gasteiger partial charge in [0.15, 0.2) is 15.5 Å². The highest BCUT2D eigenvalue weighted by Crippen LogP contribution is 2.35. The molecule has 3 heterocycles. The molecule has 1 aliphatic rings. The summed E-state index contributed by atoms with van der Waals surface area (Å²) in [4.78, 5) is 9.02. The molecule has 0 spiro atoms. The molecule has 0 saturated carbocycles. The molecule has 0 N–H and O–H groups in total. The van der Waals surface area contributed by atoms with Crippen molar-refractivity contribution < 1.29 is 8.42 Å². The number of hydrogen-bond donors (Lipinski definition) is 0. The van der Waals surface area contributed by atoms with Crippen LogP contribution >= 0.6 is 0 Å². The van der Waals surface area contributed by atoms with Crippen molar-refractivity contribution in [2.24, 2.45) is 5.41 Å². The van der Waals surface area contributed by atoms with Crippen LogP contribution in [0.4, 0.5) is 0 Å². The van der Waals surface area contributed by atoms with Gasteiger partial charge in [-0.25, -0.2) is 18.4 Å². The minimum Gasteiger partial charge on any atom is -0.295 e. The Morgan fingerprint density at radius 1 is 1.38 bits per heavy atom. The molecule has 0 amide bonds. The molecule has 2 aromatic rings. The van der Waals surface area contributed by atoms with Crippen LogP contribution in [0.1, 0.15) is 44.8 Å². The van der Waals surface area contributed by atoms with E-state index in [1.807, 2.05) is 16.7 Å². The van der Waals surface area contributed by atoms with Crippen LogP contribution in [0, 0.1) is 5.41 Å². The fourth-order valence-corrected chi connectivity index (χ4v) is 4.85. The van der Waals surface area contributed by atoms with Crippen molar-refractivity contribution >= 4 is 21.0 Å². The molecule has 1 aliphatic heterocycles. The zero-order valence-electron chi connectivity index (χ0n) is 12.7. The number of pyridine rings is 1. The monoisotopic (exact) mass is 307 g/mol. The van der Waals surface area contributed by atoms with E-state index in [4.69, 9.17) is 0 Å². The normalized spacial score (nSPS) is 22.0. The summed E-state index contributed by atoms with van der Waals surface area (Å²) in [6.07, 6.45) is 3.80. The van der Waals surface area contributed by atoms with E-state index in [2.05, 4.69) is 30.7 Å². The van der Waals surface area contributed by atoms with Gasteiger partial charge < -0.3 is 0 Å². The first kappa shape index (κ1) is 14.5. The van der Waals surface area contributed by atoms with Gasteiger partial charge in [0.2, 0.25) is 0 Å². The Morgan fingerprint density at radius 3 is 2.76 bits per heavy atom. The highest BCUT2D eigenvalue weighted by Gasteiger charge is 2.36. The van der Waals surface area contributed by atoms with E-state index in [-0.39, 0.29) is 11.2 Å². The third kappa shape index (κ3) is 2.69. The van der Waals surface area contributed by atoms with E-state index >= 15 is 0 Å². The molecule has 1 atom stereocenters. The molecule has 1 unspecified atom stereocenters. The van der Waals surface area contributed by atoms with Crippen molar-refractivity contribution in [1.82, 2.24) is 14.5 Å². The van der Waals surface area contributed by atoms with Crippen molar-refractivity contribution in [3.8, 4) is 0 Å². The number of imidazole rings is 1. The SMILES string of the molecule is CC(C)(C)Cc1nc2cccnc2n1C1CCCS1(=O)=O. The third-order valence-corrected chi connectivity index (χ3v) is 5.93. The molecule has 21 heavy (non-hydrogen) atoms. The van der Waals surface area contributed by atoms with Gasteiger partial charge >= 0.3 is 0 Å². The molecule has 6 heteroatoms. The predicted molar refractivity (Wildman–Crippen MR) is 82.7 cm³/mol. The number of hydrogen-bond acceptors (Lipinski definition) is 4. The molecular weight excluding hydrogens is 286 g/mol. The van der Waals surface area contributed by atoms with Crippen molar-refractivity contribution in [1.29, 1.82) is 0 Å². The maximum atomic E-state index is 12.3. The minimum absolute atomic E-state index is 0.0431. The molecule has 114 valence electrons. The van der Waals surface area contributed by atoms with Crippen molar-refractivity contribution in [3.63, 3.8) is 0 Å². The van der Waals surface area contributed by atoms with Crippen LogP contribution in [0.3, 0.4) is 0 Å². The number of fused-ring (bicyclic) bond motifs is 1. The average molecular weight is 307 g/mol. The van der Waals surface area contributed by atoms with E-state index in [0.717, 1.165) is 17.8 Å². The van der Waals surface area contributed by atoms with E-state index < -0.39 is 15.2 Å². The van der Waals surface area contributed by atoms with E-state index in [0.29, 0.717) is 18.5 Å². The zero-order valence-corrected chi connectivity index (χ0v) is 13.5. The highest BCUT2D eigenvalue weighted by atomic mass is 32.2. The van der Waals surface area contributed by atoms with E-state index in [1.165, 1.54) is 0 Å². The summed E-state index contributed by atoms with van der Waals surface area (Å²) in [5.41, 5.74) is 1.51. The lowest BCUT2D eigenvalue weighted by Gasteiger charge is -2.21. The van der Waals surface area contributed by atoms with Crippen LogP contribution in [0.5, 0.6) is 0 Å². The largest absolute Gasteiger partial charge is 0.295 e. The predicted octanol–water partition coefficient (Wildman–Crippen LogP) is 2.73. The zero-order chi connectivity index (χ0) is 15.3. The van der Waals surface area contributed by atoms with E-state index in [9.17, 15) is 8.42 Å². The molecule has 2 aromatic heterocycles. The highest BCUT2D eigenvalue weighted by molar-refractivity contribution is 7.91. The Balaban J connectivity index is 2.21. The van der Waals surface area contributed by atoms with Crippen molar-refractivity contribution in [2.45, 2.75) is 45.4 Å². The van der Waals surface area contributed by atoms with Crippen LogP contribution < -0.4 is 0 Å². The van der Waals surface area contributed by atoms with Crippen LogP contribution in [-0.2, 0) is 16.3 Å². The van der Waals surface area contributed by atoms with Gasteiger partial charge in [-0.1, -0.05) is 20.8 Å². The molecule has 0 aromatic carbocycles. The fraction of sp³-hybridized carbons (Fsp3) is 0.600. The topological polar surface area (TPSA) is 64.8 Å². The molecule has 0 bridgehead atoms. The number of rotatable bonds is 2. The maximum absolute atomic E-state index is 12.3.